The van der Waals surface area contributed by atoms with Gasteiger partial charge >= 0.3 is 17.9 Å². The second-order valence-corrected chi connectivity index (χ2v) is 14.2. The van der Waals surface area contributed by atoms with E-state index in [4.69, 9.17) is 14.2 Å². The normalized spacial score (nSPS) is 13.1. The van der Waals surface area contributed by atoms with Crippen molar-refractivity contribution < 1.29 is 28.6 Å². The topological polar surface area (TPSA) is 78.9 Å². The van der Waals surface area contributed by atoms with E-state index in [1.165, 1.54) is 12.8 Å². The van der Waals surface area contributed by atoms with Gasteiger partial charge < -0.3 is 14.2 Å². The Morgan fingerprint density at radius 1 is 0.386 bits per heavy atom. The summed E-state index contributed by atoms with van der Waals surface area (Å²) >= 11 is 0. The van der Waals surface area contributed by atoms with Crippen molar-refractivity contribution in [3.05, 3.63) is 109 Å². The Bertz CT molecular complexity index is 1230. The van der Waals surface area contributed by atoms with E-state index < -0.39 is 6.10 Å². The largest absolute Gasteiger partial charge is 0.462 e. The number of esters is 3. The van der Waals surface area contributed by atoms with E-state index in [-0.39, 0.29) is 44.0 Å². The molecule has 0 fully saturated rings. The first-order valence-electron chi connectivity index (χ1n) is 22.4. The van der Waals surface area contributed by atoms with Gasteiger partial charge in [0.1, 0.15) is 13.2 Å². The number of ether oxygens (including phenoxy) is 3. The van der Waals surface area contributed by atoms with E-state index in [9.17, 15) is 14.4 Å². The van der Waals surface area contributed by atoms with Gasteiger partial charge in [-0.3, -0.25) is 14.4 Å². The second-order valence-electron chi connectivity index (χ2n) is 14.2. The molecule has 0 amide bonds. The first-order chi connectivity index (χ1) is 28.0. The molecule has 0 saturated carbocycles. The highest BCUT2D eigenvalue weighted by Gasteiger charge is 2.19. The molecule has 0 heterocycles. The monoisotopic (exact) mass is 789 g/mol. The zero-order valence-corrected chi connectivity index (χ0v) is 36.3. The third-order valence-electron chi connectivity index (χ3n) is 8.78. The van der Waals surface area contributed by atoms with Crippen LogP contribution in [0.5, 0.6) is 0 Å². The van der Waals surface area contributed by atoms with Crippen LogP contribution in [0.1, 0.15) is 175 Å². The maximum atomic E-state index is 12.7. The molecular formula is C51H80O6. The van der Waals surface area contributed by atoms with Crippen molar-refractivity contribution in [2.45, 2.75) is 181 Å². The summed E-state index contributed by atoms with van der Waals surface area (Å²) in [6, 6.07) is 0. The fourth-order valence-corrected chi connectivity index (χ4v) is 5.44. The Kier molecular flexibility index (Phi) is 41.7. The van der Waals surface area contributed by atoms with Crippen LogP contribution in [0.2, 0.25) is 0 Å². The lowest BCUT2D eigenvalue weighted by atomic mass is 10.1. The average Bonchev–Trinajstić information content (AvgIpc) is 3.21. The highest BCUT2D eigenvalue weighted by atomic mass is 16.6. The van der Waals surface area contributed by atoms with Crippen LogP contribution in [0.4, 0.5) is 0 Å². The van der Waals surface area contributed by atoms with E-state index in [0.29, 0.717) is 12.8 Å². The molecule has 1 atom stereocenters. The molecule has 0 spiro atoms. The minimum Gasteiger partial charge on any atom is -0.462 e. The number of unbranched alkanes of at least 4 members (excludes halogenated alkanes) is 10. The first kappa shape index (κ1) is 53.1. The summed E-state index contributed by atoms with van der Waals surface area (Å²) in [6.45, 7) is 6.22. The molecule has 0 aliphatic heterocycles. The number of hydrogen-bond acceptors (Lipinski definition) is 6. The van der Waals surface area contributed by atoms with E-state index >= 15 is 0 Å². The molecule has 0 aliphatic carbocycles. The molecule has 0 bridgehead atoms. The van der Waals surface area contributed by atoms with E-state index in [1.54, 1.807) is 0 Å². The van der Waals surface area contributed by atoms with Gasteiger partial charge in [-0.2, -0.15) is 0 Å². The van der Waals surface area contributed by atoms with Crippen molar-refractivity contribution in [1.82, 2.24) is 0 Å². The predicted molar refractivity (Wildman–Crippen MR) is 242 cm³/mol. The van der Waals surface area contributed by atoms with E-state index in [0.717, 1.165) is 116 Å². The molecule has 1 unspecified atom stereocenters. The van der Waals surface area contributed by atoms with Crippen molar-refractivity contribution in [3.63, 3.8) is 0 Å². The maximum Gasteiger partial charge on any atom is 0.306 e. The van der Waals surface area contributed by atoms with Gasteiger partial charge in [0.25, 0.3) is 0 Å². The van der Waals surface area contributed by atoms with Crippen LogP contribution in [0.15, 0.2) is 109 Å². The SMILES string of the molecule is CC/C=C\C/C=C\C/C=C\C/C=C\C/C=C\CCC(=O)OCC(COC(=O)CCCCC/C=C\C=C/CCCC)OC(=O)CCCCCCC/C=C\C/C=C\CC. The first-order valence-corrected chi connectivity index (χ1v) is 22.4. The molecule has 0 aromatic heterocycles. The quantitative estimate of drug-likeness (QED) is 0.0204. The molecule has 0 rings (SSSR count). The van der Waals surface area contributed by atoms with Crippen LogP contribution in [0.3, 0.4) is 0 Å². The Balaban J connectivity index is 4.57. The van der Waals surface area contributed by atoms with Crippen LogP contribution in [-0.2, 0) is 28.6 Å². The lowest BCUT2D eigenvalue weighted by Crippen LogP contribution is -2.30. The number of carbonyl (C=O) groups excluding carboxylic acids is 3. The van der Waals surface area contributed by atoms with Gasteiger partial charge in [0.15, 0.2) is 6.10 Å². The highest BCUT2D eigenvalue weighted by molar-refractivity contribution is 5.71. The second kappa shape index (κ2) is 44.8. The lowest BCUT2D eigenvalue weighted by molar-refractivity contribution is -0.166. The minimum atomic E-state index is -0.825. The molecule has 0 radical (unpaired) electrons. The molecule has 6 nitrogen and oxygen atoms in total. The van der Waals surface area contributed by atoms with Gasteiger partial charge in [-0.15, -0.1) is 0 Å². The smallest absolute Gasteiger partial charge is 0.306 e. The number of allylic oxidation sites excluding steroid dienone is 18. The van der Waals surface area contributed by atoms with Gasteiger partial charge in [-0.1, -0.05) is 169 Å². The van der Waals surface area contributed by atoms with Gasteiger partial charge in [-0.05, 0) is 96.3 Å². The molecule has 6 heteroatoms. The Morgan fingerprint density at radius 3 is 1.30 bits per heavy atom. The summed E-state index contributed by atoms with van der Waals surface area (Å²) in [4.78, 5) is 37.7. The summed E-state index contributed by atoms with van der Waals surface area (Å²) in [7, 11) is 0. The molecule has 0 aromatic rings. The van der Waals surface area contributed by atoms with Gasteiger partial charge in [-0.25, -0.2) is 0 Å². The highest BCUT2D eigenvalue weighted by Crippen LogP contribution is 2.11. The molecule has 57 heavy (non-hydrogen) atoms. The zero-order chi connectivity index (χ0) is 41.5. The Labute approximate surface area is 349 Å². The number of hydrogen-bond donors (Lipinski definition) is 0. The van der Waals surface area contributed by atoms with Crippen molar-refractivity contribution >= 4 is 17.9 Å². The molecule has 320 valence electrons. The molecule has 0 saturated heterocycles. The van der Waals surface area contributed by atoms with Crippen LogP contribution in [-0.4, -0.2) is 37.2 Å². The summed E-state index contributed by atoms with van der Waals surface area (Å²) in [5.41, 5.74) is 0. The fourth-order valence-electron chi connectivity index (χ4n) is 5.44. The van der Waals surface area contributed by atoms with E-state index in [1.807, 2.05) is 12.2 Å². The number of rotatable bonds is 38. The van der Waals surface area contributed by atoms with Crippen molar-refractivity contribution in [2.24, 2.45) is 0 Å². The van der Waals surface area contributed by atoms with Crippen molar-refractivity contribution in [1.29, 1.82) is 0 Å². The van der Waals surface area contributed by atoms with Gasteiger partial charge in [0, 0.05) is 19.3 Å². The predicted octanol–water partition coefficient (Wildman–Crippen LogP) is 14.4. The third-order valence-corrected chi connectivity index (χ3v) is 8.78. The minimum absolute atomic E-state index is 0.124. The third kappa shape index (κ3) is 43.0. The summed E-state index contributed by atoms with van der Waals surface area (Å²) < 4.78 is 16.6. The van der Waals surface area contributed by atoms with Gasteiger partial charge in [0.05, 0.1) is 0 Å². The van der Waals surface area contributed by atoms with E-state index in [2.05, 4.69) is 118 Å². The summed E-state index contributed by atoms with van der Waals surface area (Å²) in [5, 5.41) is 0. The average molecular weight is 789 g/mol. The van der Waals surface area contributed by atoms with Crippen LogP contribution in [0, 0.1) is 0 Å². The molecule has 0 aromatic carbocycles. The standard InChI is InChI=1S/C51H80O6/c1-4-7-10-13-16-19-22-24-25-26-27-30-32-35-38-41-44-50(53)56-47-48(46-55-49(52)43-40-37-34-31-28-21-18-15-12-9-6-3)57-51(54)45-42-39-36-33-29-23-20-17-14-11-8-5-2/h7-8,10-11,15-21,24-25,27-28,30,35,38,48H,4-6,9,12-14,22-23,26,29,31-34,36-37,39-47H2,1-3H3/b10-7-,11-8-,18-15-,19-16-,20-17-,25-24-,28-21-,30-27-,38-35-. The van der Waals surface area contributed by atoms with Crippen LogP contribution in [0.25, 0.3) is 0 Å². The van der Waals surface area contributed by atoms with Gasteiger partial charge in [0.2, 0.25) is 0 Å². The maximum absolute atomic E-state index is 12.7. The van der Waals surface area contributed by atoms with Crippen molar-refractivity contribution in [3.8, 4) is 0 Å². The Hall–Kier alpha value is -3.93. The van der Waals surface area contributed by atoms with Crippen LogP contribution >= 0.6 is 0 Å². The number of carbonyl (C=O) groups is 3. The zero-order valence-electron chi connectivity index (χ0n) is 36.3. The molecule has 0 N–H and O–H groups in total. The van der Waals surface area contributed by atoms with Crippen LogP contribution < -0.4 is 0 Å². The summed E-state index contributed by atoms with van der Waals surface area (Å²) in [6.07, 6.45) is 59.4. The van der Waals surface area contributed by atoms with Crippen molar-refractivity contribution in [2.75, 3.05) is 13.2 Å². The molecule has 0 aliphatic rings. The molecular weight excluding hydrogens is 709 g/mol. The summed E-state index contributed by atoms with van der Waals surface area (Å²) in [5.74, 6) is -1.06. The Morgan fingerprint density at radius 2 is 0.772 bits per heavy atom. The fraction of sp³-hybridized carbons (Fsp3) is 0.588. The lowest BCUT2D eigenvalue weighted by Gasteiger charge is -2.18.